The molecule has 0 aliphatic rings. The van der Waals surface area contributed by atoms with Crippen molar-refractivity contribution < 1.29 is 4.79 Å². The number of nitrogens with zero attached hydrogens (tertiary/aromatic N) is 2. The zero-order chi connectivity index (χ0) is 19.2. The van der Waals surface area contributed by atoms with Gasteiger partial charge in [-0.3, -0.25) is 9.78 Å². The molecule has 3 heteroatoms. The highest BCUT2D eigenvalue weighted by molar-refractivity contribution is 6.05. The van der Waals surface area contributed by atoms with Crippen LogP contribution in [0.1, 0.15) is 21.6 Å². The summed E-state index contributed by atoms with van der Waals surface area (Å²) in [7, 11) is 0. The first-order valence-corrected chi connectivity index (χ1v) is 9.52. The average Bonchev–Trinajstić information content (AvgIpc) is 2.77. The summed E-state index contributed by atoms with van der Waals surface area (Å²) in [4.78, 5) is 19.8. The summed E-state index contributed by atoms with van der Waals surface area (Å²) < 4.78 is 0. The van der Waals surface area contributed by atoms with Crippen LogP contribution >= 0.6 is 0 Å². The Labute approximate surface area is 165 Å². The van der Waals surface area contributed by atoms with Gasteiger partial charge in [0.05, 0.1) is 0 Å². The van der Waals surface area contributed by atoms with E-state index in [1.807, 2.05) is 71.6 Å². The van der Waals surface area contributed by atoms with E-state index in [1.165, 1.54) is 5.56 Å². The van der Waals surface area contributed by atoms with E-state index >= 15 is 0 Å². The Morgan fingerprint density at radius 2 is 1.39 bits per heavy atom. The Balaban J connectivity index is 1.64. The predicted molar refractivity (Wildman–Crippen MR) is 113 cm³/mol. The van der Waals surface area contributed by atoms with Gasteiger partial charge in [-0.05, 0) is 29.0 Å². The molecule has 0 radical (unpaired) electrons. The molecule has 0 atom stereocenters. The Morgan fingerprint density at radius 1 is 0.750 bits per heavy atom. The highest BCUT2D eigenvalue weighted by atomic mass is 16.2. The van der Waals surface area contributed by atoms with Crippen LogP contribution in [0.15, 0.2) is 97.2 Å². The third kappa shape index (κ3) is 4.09. The van der Waals surface area contributed by atoms with Gasteiger partial charge in [0.2, 0.25) is 0 Å². The van der Waals surface area contributed by atoms with E-state index in [9.17, 15) is 4.79 Å². The number of pyridine rings is 1. The lowest BCUT2D eigenvalue weighted by Crippen LogP contribution is -2.33. The average molecular weight is 366 g/mol. The van der Waals surface area contributed by atoms with Crippen molar-refractivity contribution in [1.29, 1.82) is 0 Å². The maximum absolute atomic E-state index is 13.4. The van der Waals surface area contributed by atoms with Gasteiger partial charge >= 0.3 is 0 Å². The van der Waals surface area contributed by atoms with Gasteiger partial charge in [-0.2, -0.15) is 0 Å². The van der Waals surface area contributed by atoms with Crippen molar-refractivity contribution in [2.45, 2.75) is 13.0 Å². The second kappa shape index (κ2) is 8.49. The highest BCUT2D eigenvalue weighted by Crippen LogP contribution is 2.19. The van der Waals surface area contributed by atoms with Gasteiger partial charge in [-0.25, -0.2) is 0 Å². The number of rotatable bonds is 6. The third-order valence-electron chi connectivity index (χ3n) is 4.89. The summed E-state index contributed by atoms with van der Waals surface area (Å²) in [5.74, 6) is -0.0309. The maximum Gasteiger partial charge on any atom is 0.273 e. The van der Waals surface area contributed by atoms with E-state index in [0.717, 1.165) is 22.8 Å². The van der Waals surface area contributed by atoms with E-state index in [4.69, 9.17) is 0 Å². The quantitative estimate of drug-likeness (QED) is 0.474. The van der Waals surface area contributed by atoms with Crippen LogP contribution in [0.25, 0.3) is 10.8 Å². The fourth-order valence-corrected chi connectivity index (χ4v) is 3.40. The topological polar surface area (TPSA) is 33.2 Å². The molecular weight excluding hydrogens is 344 g/mol. The van der Waals surface area contributed by atoms with Gasteiger partial charge in [0.1, 0.15) is 5.69 Å². The van der Waals surface area contributed by atoms with Crippen molar-refractivity contribution in [3.63, 3.8) is 0 Å². The van der Waals surface area contributed by atoms with Gasteiger partial charge in [0.15, 0.2) is 0 Å². The van der Waals surface area contributed by atoms with Crippen LogP contribution in [-0.4, -0.2) is 22.3 Å². The monoisotopic (exact) mass is 366 g/mol. The van der Waals surface area contributed by atoms with Crippen molar-refractivity contribution in [2.75, 3.05) is 6.54 Å². The molecule has 1 aromatic heterocycles. The summed E-state index contributed by atoms with van der Waals surface area (Å²) in [6, 6.07) is 30.2. The minimum atomic E-state index is -0.0309. The smallest absolute Gasteiger partial charge is 0.273 e. The Morgan fingerprint density at radius 3 is 2.14 bits per heavy atom. The molecular formula is C25H22N2O. The summed E-state index contributed by atoms with van der Waals surface area (Å²) in [5.41, 5.74) is 2.85. The molecule has 3 nitrogen and oxygen atoms in total. The Hall–Kier alpha value is -3.46. The lowest BCUT2D eigenvalue weighted by Gasteiger charge is -2.23. The number of hydrogen-bond acceptors (Lipinski definition) is 2. The first kappa shape index (κ1) is 17.9. The standard InChI is InChI=1S/C25H22N2O/c28-25(24-23-14-8-7-13-22(23)15-17-26-24)27(19-21-11-5-2-6-12-21)18-16-20-9-3-1-4-10-20/h1-15,17H,16,18-19H2. The van der Waals surface area contributed by atoms with Crippen molar-refractivity contribution >= 4 is 16.7 Å². The van der Waals surface area contributed by atoms with Gasteiger partial charge in [-0.1, -0.05) is 84.9 Å². The zero-order valence-electron chi connectivity index (χ0n) is 15.7. The van der Waals surface area contributed by atoms with Crippen LogP contribution in [-0.2, 0) is 13.0 Å². The second-order valence-corrected chi connectivity index (χ2v) is 6.83. The highest BCUT2D eigenvalue weighted by Gasteiger charge is 2.19. The predicted octanol–water partition coefficient (Wildman–Crippen LogP) is 5.12. The maximum atomic E-state index is 13.4. The second-order valence-electron chi connectivity index (χ2n) is 6.83. The molecule has 0 bridgehead atoms. The van der Waals surface area contributed by atoms with Crippen molar-refractivity contribution in [3.05, 3.63) is 114 Å². The summed E-state index contributed by atoms with van der Waals surface area (Å²) >= 11 is 0. The Kier molecular flexibility index (Phi) is 5.43. The van der Waals surface area contributed by atoms with Crippen LogP contribution in [0.3, 0.4) is 0 Å². The summed E-state index contributed by atoms with van der Waals surface area (Å²) in [5, 5.41) is 1.93. The number of carbonyl (C=O) groups is 1. The van der Waals surface area contributed by atoms with Crippen molar-refractivity contribution in [3.8, 4) is 0 Å². The molecule has 0 spiro atoms. The van der Waals surface area contributed by atoms with Crippen LogP contribution < -0.4 is 0 Å². The van der Waals surface area contributed by atoms with E-state index in [0.29, 0.717) is 18.8 Å². The number of benzene rings is 3. The van der Waals surface area contributed by atoms with Crippen molar-refractivity contribution in [2.24, 2.45) is 0 Å². The molecule has 4 aromatic rings. The lowest BCUT2D eigenvalue weighted by atomic mass is 10.1. The van der Waals surface area contributed by atoms with Gasteiger partial charge in [0, 0.05) is 24.7 Å². The fraction of sp³-hybridized carbons (Fsp3) is 0.120. The summed E-state index contributed by atoms with van der Waals surface area (Å²) in [6.07, 6.45) is 2.53. The van der Waals surface area contributed by atoms with Crippen LogP contribution in [0, 0.1) is 0 Å². The fourth-order valence-electron chi connectivity index (χ4n) is 3.40. The molecule has 4 rings (SSSR count). The lowest BCUT2D eigenvalue weighted by molar-refractivity contribution is 0.0741. The van der Waals surface area contributed by atoms with Crippen LogP contribution in [0.5, 0.6) is 0 Å². The molecule has 0 N–H and O–H groups in total. The molecule has 0 saturated carbocycles. The SMILES string of the molecule is O=C(c1nccc2ccccc12)N(CCc1ccccc1)Cc1ccccc1. The van der Waals surface area contributed by atoms with Crippen LogP contribution in [0.4, 0.5) is 0 Å². The minimum Gasteiger partial charge on any atom is -0.333 e. The van der Waals surface area contributed by atoms with Gasteiger partial charge < -0.3 is 4.90 Å². The largest absolute Gasteiger partial charge is 0.333 e. The van der Waals surface area contributed by atoms with E-state index in [1.54, 1.807) is 6.20 Å². The number of amides is 1. The molecule has 0 aliphatic heterocycles. The number of carbonyl (C=O) groups excluding carboxylic acids is 1. The molecule has 0 aliphatic carbocycles. The molecule has 28 heavy (non-hydrogen) atoms. The van der Waals surface area contributed by atoms with E-state index in [-0.39, 0.29) is 5.91 Å². The van der Waals surface area contributed by atoms with Crippen molar-refractivity contribution in [1.82, 2.24) is 9.88 Å². The normalized spacial score (nSPS) is 10.7. The number of fused-ring (bicyclic) bond motifs is 1. The zero-order valence-corrected chi connectivity index (χ0v) is 15.7. The van der Waals surface area contributed by atoms with E-state index < -0.39 is 0 Å². The van der Waals surface area contributed by atoms with Gasteiger partial charge in [-0.15, -0.1) is 0 Å². The molecule has 1 amide bonds. The first-order chi connectivity index (χ1) is 13.8. The van der Waals surface area contributed by atoms with E-state index in [2.05, 4.69) is 29.2 Å². The molecule has 0 saturated heterocycles. The Bertz CT molecular complexity index is 1060. The molecule has 1 heterocycles. The molecule has 0 fully saturated rings. The first-order valence-electron chi connectivity index (χ1n) is 9.52. The molecule has 3 aromatic carbocycles. The minimum absolute atomic E-state index is 0.0309. The molecule has 0 unspecified atom stereocenters. The number of aromatic nitrogens is 1. The molecule has 138 valence electrons. The van der Waals surface area contributed by atoms with Gasteiger partial charge in [0.25, 0.3) is 5.91 Å². The van der Waals surface area contributed by atoms with Crippen LogP contribution in [0.2, 0.25) is 0 Å². The third-order valence-corrected chi connectivity index (χ3v) is 4.89. The summed E-state index contributed by atoms with van der Waals surface area (Å²) in [6.45, 7) is 1.21. The number of hydrogen-bond donors (Lipinski definition) is 0.